The molecule has 0 spiro atoms. The molecule has 5 atom stereocenters. The number of aryl methyl sites for hydroxylation is 5. The van der Waals surface area contributed by atoms with E-state index in [0.717, 1.165) is 143 Å². The number of ether oxygens (including phenoxy) is 7. The quantitative estimate of drug-likeness (QED) is 0.0110. The molecule has 34 heteroatoms. The van der Waals surface area contributed by atoms with E-state index in [-0.39, 0.29) is 57.1 Å². The standard InChI is InChI=1S/C25H46N2O9.C17H28N2O3.C14H24N2O5.C12H21N3O2S.C11H18N2O.C11H18N2/c1-22(2)36-25-21-23(5-6-24(25)26)27(7-12-32-15-17-34-18-16-33-14-9-29)35-20-19-31-11-4-3-10-30-13-8-28;1-12-8-16-14(9-15(12)18)13(11-21)10-17(2,3)19(16)4-6-22-7-5-20;1-8-5-9(3-4-10(8)15)16(2)6-11(18)13(20)14(21)12(19)7-17;1-4-15(8-7-14-18(3,16)17)11-5-6-12(13)10(2)9-11;1-3-13(6-7-14)10-4-5-11(12)9(2)8-10;1-4-13(5-2)10-6-7-11(12)9(3)8-10/h5-6,21-22,28-29H,3-4,7-20,26H2,1-2H3;8-9,13,20-21H,4-7,10-11,18H2,1-3H3;3-5,11-14,17-21H,6-7,15H2,1-2H3;5-6,9,14H,4,7-8,13H2,1-3H3;4-5,8,14H,3,6-7,12H2,1-2H3;6-8H,4-5,12H2,1-3H3. The first kappa shape index (κ1) is 112. The van der Waals surface area contributed by atoms with Gasteiger partial charge in [-0.3, -0.25) is 9.90 Å². The molecule has 6 aromatic rings. The van der Waals surface area contributed by atoms with Crippen molar-refractivity contribution in [2.45, 2.75) is 151 Å². The molecule has 0 saturated heterocycles. The first-order chi connectivity index (χ1) is 59.0. The summed E-state index contributed by atoms with van der Waals surface area (Å²) in [5.41, 5.74) is 52.0. The highest BCUT2D eigenvalue weighted by atomic mass is 32.2. The number of nitrogen functional groups attached to an aromatic ring is 6. The number of hydrogen-bond donors (Lipinski definition) is 17. The number of rotatable bonds is 51. The second kappa shape index (κ2) is 62.2. The summed E-state index contributed by atoms with van der Waals surface area (Å²) in [6.45, 7) is 39.0. The highest BCUT2D eigenvalue weighted by Crippen LogP contribution is 2.45. The molecule has 0 aromatic heterocycles. The summed E-state index contributed by atoms with van der Waals surface area (Å²) < 4.78 is 62.9. The maximum atomic E-state index is 11.0. The first-order valence-corrected chi connectivity index (χ1v) is 44.7. The van der Waals surface area contributed by atoms with Crippen molar-refractivity contribution >= 4 is 78.3 Å². The molecule has 1 heterocycles. The lowest BCUT2D eigenvalue weighted by molar-refractivity contribution is -0.112. The molecule has 7 rings (SSSR count). The van der Waals surface area contributed by atoms with Crippen molar-refractivity contribution < 1.29 is 97.5 Å². The summed E-state index contributed by atoms with van der Waals surface area (Å²) in [7, 11) is -1.40. The fraction of sp³-hybridized carbons (Fsp3) is 0.600. The second-order valence-corrected chi connectivity index (χ2v) is 32.6. The van der Waals surface area contributed by atoms with Gasteiger partial charge in [-0.1, -0.05) is 0 Å². The van der Waals surface area contributed by atoms with Crippen molar-refractivity contribution in [3.63, 3.8) is 0 Å². The summed E-state index contributed by atoms with van der Waals surface area (Å²) in [6, 6.07) is 33.0. The van der Waals surface area contributed by atoms with Crippen LogP contribution in [0.1, 0.15) is 114 Å². The Balaban J connectivity index is 0.000000522. The lowest BCUT2D eigenvalue weighted by Gasteiger charge is -2.48. The van der Waals surface area contributed by atoms with Gasteiger partial charge in [0.25, 0.3) is 0 Å². The normalized spacial score (nSPS) is 13.6. The third kappa shape index (κ3) is 43.0. The Morgan fingerprint density at radius 1 is 0.476 bits per heavy atom. The van der Waals surface area contributed by atoms with Crippen LogP contribution in [0.3, 0.4) is 0 Å². The van der Waals surface area contributed by atoms with Crippen LogP contribution in [-0.2, 0) is 43.3 Å². The lowest BCUT2D eigenvalue weighted by Crippen LogP contribution is -2.50. The Hall–Kier alpha value is -8.05. The van der Waals surface area contributed by atoms with E-state index in [2.05, 4.69) is 83.2 Å². The number of unbranched alkanes of at least 4 members (excludes halogenated alkanes) is 1. The Bertz CT molecular complexity index is 3950. The van der Waals surface area contributed by atoms with Crippen LogP contribution in [-0.4, -0.2) is 300 Å². The molecule has 6 aromatic carbocycles. The van der Waals surface area contributed by atoms with Crippen LogP contribution in [0.4, 0.5) is 68.2 Å². The number of sulfonamides is 1. The van der Waals surface area contributed by atoms with Crippen molar-refractivity contribution in [3.8, 4) is 5.75 Å². The van der Waals surface area contributed by atoms with Crippen molar-refractivity contribution in [2.75, 3.05) is 268 Å². The molecule has 706 valence electrons. The van der Waals surface area contributed by atoms with Crippen molar-refractivity contribution in [3.05, 3.63) is 137 Å². The van der Waals surface area contributed by atoms with Crippen LogP contribution in [0.25, 0.3) is 0 Å². The van der Waals surface area contributed by atoms with Crippen LogP contribution in [0.2, 0.25) is 0 Å². The van der Waals surface area contributed by atoms with Crippen molar-refractivity contribution in [1.82, 2.24) is 4.72 Å². The smallest absolute Gasteiger partial charge is 0.208 e. The number of nitrogens with one attached hydrogen (secondary N) is 1. The number of hydrogen-bond acceptors (Lipinski definition) is 32. The van der Waals surface area contributed by atoms with E-state index >= 15 is 0 Å². The van der Waals surface area contributed by atoms with E-state index in [0.29, 0.717) is 129 Å². The minimum absolute atomic E-state index is 0.00303. The largest absolute Gasteiger partial charge is 0.489 e. The van der Waals surface area contributed by atoms with Gasteiger partial charge in [-0.25, -0.2) is 13.1 Å². The molecule has 1 aliphatic rings. The third-order valence-electron chi connectivity index (χ3n) is 20.1. The van der Waals surface area contributed by atoms with E-state index in [4.69, 9.17) is 97.9 Å². The SMILES string of the molecule is CC(C)Oc1cc(N(CCOCCOCCOCCO)OCCOCCCCOCCO)ccc1N.CCN(CC)c1ccc(N)c(C)c1.CCN(CCNS(C)(=O)=O)c1ccc(N)c(C)c1.CCN(CCO)c1ccc(N)c(C)c1.Cc1cc(N(C)CC(O)C(O)C(O)C(O)CO)ccc1N.Cc1cc2c(cc1N)C(CO)CC(C)(C)N2CCOCCO. The maximum absolute atomic E-state index is 11.0. The molecule has 0 amide bonds. The number of aliphatic hydroxyl groups excluding tert-OH is 10. The van der Waals surface area contributed by atoms with E-state index in [1.807, 2.05) is 116 Å². The Labute approximate surface area is 738 Å². The third-order valence-corrected chi connectivity index (χ3v) is 20.8. The average molecular weight is 1770 g/mol. The fourth-order valence-electron chi connectivity index (χ4n) is 12.8. The minimum atomic E-state index is -3.12. The number of hydroxylamine groups is 1. The molecule has 33 nitrogen and oxygen atoms in total. The van der Waals surface area contributed by atoms with Gasteiger partial charge in [-0.05, 0) is 240 Å². The van der Waals surface area contributed by atoms with Gasteiger partial charge in [0.2, 0.25) is 10.0 Å². The molecule has 124 heavy (non-hydrogen) atoms. The second-order valence-electron chi connectivity index (χ2n) is 30.8. The van der Waals surface area contributed by atoms with Gasteiger partial charge in [-0.2, -0.15) is 0 Å². The van der Waals surface area contributed by atoms with E-state index in [9.17, 15) is 34.0 Å². The van der Waals surface area contributed by atoms with Crippen molar-refractivity contribution in [2.24, 2.45) is 0 Å². The number of nitrogens with zero attached hydrogens (tertiary/aromatic N) is 6. The monoisotopic (exact) mass is 1770 g/mol. The van der Waals surface area contributed by atoms with Crippen LogP contribution in [0, 0.1) is 34.6 Å². The van der Waals surface area contributed by atoms with Gasteiger partial charge in [0, 0.05) is 154 Å². The van der Waals surface area contributed by atoms with Crippen LogP contribution < -0.4 is 73.4 Å². The molecule has 0 aliphatic carbocycles. The van der Waals surface area contributed by atoms with Gasteiger partial charge in [0.15, 0.2) is 0 Å². The van der Waals surface area contributed by atoms with Gasteiger partial charge in [0.1, 0.15) is 24.1 Å². The highest BCUT2D eigenvalue weighted by molar-refractivity contribution is 7.88. The number of likely N-dealkylation sites (N-methyl/N-ethyl adjacent to an activating group) is 3. The molecular weight excluding hydrogens is 1620 g/mol. The summed E-state index contributed by atoms with van der Waals surface area (Å²) in [5.74, 6) is 0.719. The molecule has 1 aliphatic heterocycles. The molecule has 0 saturated carbocycles. The summed E-state index contributed by atoms with van der Waals surface area (Å²) >= 11 is 0. The van der Waals surface area contributed by atoms with Gasteiger partial charge in [0.05, 0.1) is 149 Å². The molecular formula is C90H155N13O20S. The van der Waals surface area contributed by atoms with Gasteiger partial charge < -0.3 is 143 Å². The number of nitrogens with two attached hydrogens (primary N) is 6. The number of fused-ring (bicyclic) bond motifs is 1. The summed E-state index contributed by atoms with van der Waals surface area (Å²) in [5, 5.41) is 93.8. The molecule has 0 fully saturated rings. The number of anilines is 12. The molecule has 5 unspecified atom stereocenters. The molecule has 0 radical (unpaired) electrons. The average Bonchev–Trinajstić information content (AvgIpc) is 0.754. The zero-order valence-electron chi connectivity index (χ0n) is 76.5. The Kier molecular flexibility index (Phi) is 56.2. The predicted octanol–water partition coefficient (Wildman–Crippen LogP) is 6.51. The fourth-order valence-corrected chi connectivity index (χ4v) is 13.3. The maximum Gasteiger partial charge on any atom is 0.208 e. The minimum Gasteiger partial charge on any atom is -0.489 e. The van der Waals surface area contributed by atoms with Crippen LogP contribution >= 0.6 is 0 Å². The van der Waals surface area contributed by atoms with E-state index in [1.165, 1.54) is 5.69 Å². The van der Waals surface area contributed by atoms with Gasteiger partial charge in [-0.15, -0.1) is 0 Å². The predicted molar refractivity (Wildman–Crippen MR) is 503 cm³/mol. The lowest BCUT2D eigenvalue weighted by atomic mass is 9.79. The van der Waals surface area contributed by atoms with Crippen LogP contribution in [0.5, 0.6) is 5.75 Å². The van der Waals surface area contributed by atoms with Gasteiger partial charge >= 0.3 is 0 Å². The Morgan fingerprint density at radius 3 is 1.35 bits per heavy atom. The Morgan fingerprint density at radius 2 is 0.887 bits per heavy atom. The highest BCUT2D eigenvalue weighted by Gasteiger charge is 2.38. The van der Waals surface area contributed by atoms with E-state index < -0.39 is 41.0 Å². The van der Waals surface area contributed by atoms with Crippen molar-refractivity contribution in [1.29, 1.82) is 0 Å². The number of aliphatic hydroxyl groups is 10. The molecule has 0 bridgehead atoms. The molecule has 23 N–H and O–H groups in total. The summed E-state index contributed by atoms with van der Waals surface area (Å²) in [4.78, 5) is 16.5. The first-order valence-electron chi connectivity index (χ1n) is 42.8. The van der Waals surface area contributed by atoms with Crippen LogP contribution in [0.15, 0.2) is 103 Å². The zero-order valence-corrected chi connectivity index (χ0v) is 77.3. The number of benzene rings is 6. The topological polar surface area (TPSA) is 498 Å². The summed E-state index contributed by atoms with van der Waals surface area (Å²) in [6.07, 6.45) is -2.17. The van der Waals surface area contributed by atoms with E-state index in [1.54, 1.807) is 35.2 Å². The zero-order chi connectivity index (χ0) is 92.9.